The molecule has 1 unspecified atom stereocenters. The molecule has 5 rings (SSSR count). The van der Waals surface area contributed by atoms with E-state index in [0.717, 1.165) is 38.5 Å². The van der Waals surface area contributed by atoms with E-state index in [9.17, 15) is 20.1 Å². The molecule has 5 fully saturated rings. The van der Waals surface area contributed by atoms with Crippen molar-refractivity contribution in [3.63, 3.8) is 0 Å². The SMILES string of the molecule is CCC1(O)CCN(C(=O)CCC(C)[C@H]2CC[C@H]3[C@@H]4CC[C@H]5C[C@@H](O)CC[C@]5(C)[C@H]4[C@@H](O)C[C@]23C)CC1. The monoisotopic (exact) mass is 503 g/mol. The molecule has 1 saturated heterocycles. The van der Waals surface area contributed by atoms with E-state index in [1.807, 2.05) is 11.8 Å². The number of carbonyl (C=O) groups excluding carboxylic acids is 1. The predicted molar refractivity (Wildman–Crippen MR) is 142 cm³/mol. The Bertz CT molecular complexity index is 808. The van der Waals surface area contributed by atoms with Crippen molar-refractivity contribution in [1.82, 2.24) is 4.90 Å². The smallest absolute Gasteiger partial charge is 0.222 e. The maximum atomic E-state index is 13.0. The van der Waals surface area contributed by atoms with Gasteiger partial charge < -0.3 is 20.2 Å². The highest BCUT2D eigenvalue weighted by Crippen LogP contribution is 2.68. The Labute approximate surface area is 219 Å². The van der Waals surface area contributed by atoms with E-state index in [-0.39, 0.29) is 28.9 Å². The van der Waals surface area contributed by atoms with Crippen LogP contribution in [0.1, 0.15) is 111 Å². The molecule has 0 spiro atoms. The van der Waals surface area contributed by atoms with Crippen LogP contribution in [0, 0.1) is 46.3 Å². The normalized spacial score (nSPS) is 47.0. The lowest BCUT2D eigenvalue weighted by atomic mass is 9.43. The third-order valence-electron chi connectivity index (χ3n) is 12.8. The van der Waals surface area contributed by atoms with E-state index in [0.29, 0.717) is 67.9 Å². The Balaban J connectivity index is 1.22. The van der Waals surface area contributed by atoms with Gasteiger partial charge in [0.2, 0.25) is 5.91 Å². The van der Waals surface area contributed by atoms with Crippen LogP contribution in [0.3, 0.4) is 0 Å². The van der Waals surface area contributed by atoms with Crippen molar-refractivity contribution in [2.24, 2.45) is 46.3 Å². The standard InChI is InChI=1S/C31H53NO4/c1-5-31(36)14-16-32(17-15-31)27(35)11-6-20(2)24-9-10-25-23-8-7-21-18-22(33)12-13-29(21,3)28(23)26(34)19-30(24,25)4/h20-26,28,33-34,36H,5-19H2,1-4H3/t20?,21-,22-,23-,24+,25-,26-,28+,29-,30+/m0/s1. The number of carbonyl (C=O) groups is 1. The third kappa shape index (κ3) is 4.47. The number of fused-ring (bicyclic) bond motifs is 5. The van der Waals surface area contributed by atoms with E-state index in [1.54, 1.807) is 0 Å². The summed E-state index contributed by atoms with van der Waals surface area (Å²) in [4.78, 5) is 15.0. The average Bonchev–Trinajstić information content (AvgIpc) is 3.19. The number of amides is 1. The molecular weight excluding hydrogens is 450 g/mol. The minimum atomic E-state index is -0.579. The van der Waals surface area contributed by atoms with Crippen LogP contribution in [-0.2, 0) is 4.79 Å². The van der Waals surface area contributed by atoms with Crippen LogP contribution in [-0.4, -0.2) is 57.0 Å². The van der Waals surface area contributed by atoms with E-state index >= 15 is 0 Å². The van der Waals surface area contributed by atoms with Gasteiger partial charge in [-0.1, -0.05) is 27.7 Å². The molecule has 206 valence electrons. The predicted octanol–water partition coefficient (Wildman–Crippen LogP) is 5.16. The summed E-state index contributed by atoms with van der Waals surface area (Å²) in [6.07, 6.45) is 12.1. The Morgan fingerprint density at radius 3 is 2.42 bits per heavy atom. The van der Waals surface area contributed by atoms with Crippen molar-refractivity contribution in [3.8, 4) is 0 Å². The Morgan fingerprint density at radius 1 is 1.00 bits per heavy atom. The van der Waals surface area contributed by atoms with Gasteiger partial charge in [-0.2, -0.15) is 0 Å². The minimum Gasteiger partial charge on any atom is -0.393 e. The first kappa shape index (κ1) is 26.9. The highest BCUT2D eigenvalue weighted by molar-refractivity contribution is 5.76. The molecule has 0 aromatic rings. The maximum Gasteiger partial charge on any atom is 0.222 e. The number of piperidine rings is 1. The Morgan fingerprint density at radius 2 is 1.72 bits per heavy atom. The van der Waals surface area contributed by atoms with Gasteiger partial charge in [-0.25, -0.2) is 0 Å². The van der Waals surface area contributed by atoms with Crippen molar-refractivity contribution in [3.05, 3.63) is 0 Å². The second-order valence-electron chi connectivity index (χ2n) is 14.4. The van der Waals surface area contributed by atoms with Crippen molar-refractivity contribution < 1.29 is 20.1 Å². The third-order valence-corrected chi connectivity index (χ3v) is 12.8. The number of aliphatic hydroxyl groups excluding tert-OH is 2. The molecule has 5 aliphatic rings. The lowest BCUT2D eigenvalue weighted by Crippen LogP contribution is -2.59. The zero-order valence-corrected chi connectivity index (χ0v) is 23.4. The zero-order valence-electron chi connectivity index (χ0n) is 23.4. The number of hydrogen-bond acceptors (Lipinski definition) is 4. The van der Waals surface area contributed by atoms with Gasteiger partial charge in [0.05, 0.1) is 17.8 Å². The van der Waals surface area contributed by atoms with Crippen LogP contribution >= 0.6 is 0 Å². The van der Waals surface area contributed by atoms with Crippen LogP contribution in [0.4, 0.5) is 0 Å². The molecule has 0 bridgehead atoms. The Hall–Kier alpha value is -0.650. The molecule has 1 amide bonds. The molecule has 1 heterocycles. The molecular formula is C31H53NO4. The molecule has 36 heavy (non-hydrogen) atoms. The Kier molecular flexibility index (Phi) is 7.35. The summed E-state index contributed by atoms with van der Waals surface area (Å²) >= 11 is 0. The lowest BCUT2D eigenvalue weighted by Gasteiger charge is -2.62. The van der Waals surface area contributed by atoms with Crippen LogP contribution in [0.25, 0.3) is 0 Å². The molecule has 5 heteroatoms. The first-order valence-electron chi connectivity index (χ1n) is 15.4. The van der Waals surface area contributed by atoms with Crippen LogP contribution in [0.15, 0.2) is 0 Å². The molecule has 3 N–H and O–H groups in total. The largest absolute Gasteiger partial charge is 0.393 e. The highest BCUT2D eigenvalue weighted by atomic mass is 16.3. The molecule has 0 radical (unpaired) electrons. The number of rotatable bonds is 5. The fourth-order valence-corrected chi connectivity index (χ4v) is 10.6. The average molecular weight is 504 g/mol. The minimum absolute atomic E-state index is 0.146. The number of aliphatic hydroxyl groups is 3. The summed E-state index contributed by atoms with van der Waals surface area (Å²) < 4.78 is 0. The first-order chi connectivity index (χ1) is 17.0. The van der Waals surface area contributed by atoms with Crippen LogP contribution in [0.2, 0.25) is 0 Å². The van der Waals surface area contributed by atoms with Gasteiger partial charge in [0.15, 0.2) is 0 Å². The number of hydrogen-bond donors (Lipinski definition) is 3. The molecule has 10 atom stereocenters. The molecule has 4 saturated carbocycles. The molecule has 5 nitrogen and oxygen atoms in total. The maximum absolute atomic E-state index is 13.0. The molecule has 1 aliphatic heterocycles. The second-order valence-corrected chi connectivity index (χ2v) is 14.4. The summed E-state index contributed by atoms with van der Waals surface area (Å²) in [5.41, 5.74) is -0.231. The second kappa shape index (κ2) is 9.83. The summed E-state index contributed by atoms with van der Waals surface area (Å²) in [5.74, 6) is 3.57. The van der Waals surface area contributed by atoms with Crippen molar-refractivity contribution in [1.29, 1.82) is 0 Å². The number of nitrogens with zero attached hydrogens (tertiary/aromatic N) is 1. The fourth-order valence-electron chi connectivity index (χ4n) is 10.6. The topological polar surface area (TPSA) is 81.0 Å². The van der Waals surface area contributed by atoms with Gasteiger partial charge >= 0.3 is 0 Å². The molecule has 0 aromatic carbocycles. The summed E-state index contributed by atoms with van der Waals surface area (Å²) in [7, 11) is 0. The first-order valence-corrected chi connectivity index (χ1v) is 15.4. The fraction of sp³-hybridized carbons (Fsp3) is 0.968. The van der Waals surface area contributed by atoms with Crippen molar-refractivity contribution >= 4 is 5.91 Å². The quantitative estimate of drug-likeness (QED) is 0.484. The van der Waals surface area contributed by atoms with Crippen LogP contribution in [0.5, 0.6) is 0 Å². The van der Waals surface area contributed by atoms with Crippen molar-refractivity contribution in [2.45, 2.75) is 129 Å². The lowest BCUT2D eigenvalue weighted by molar-refractivity contribution is -0.179. The van der Waals surface area contributed by atoms with Gasteiger partial charge in [-0.3, -0.25) is 4.79 Å². The molecule has 4 aliphatic carbocycles. The van der Waals surface area contributed by atoms with Gasteiger partial charge in [0, 0.05) is 19.5 Å². The summed E-state index contributed by atoms with van der Waals surface area (Å²) in [6.45, 7) is 10.7. The number of likely N-dealkylation sites (tertiary alicyclic amines) is 1. The molecule has 0 aromatic heterocycles. The van der Waals surface area contributed by atoms with E-state index in [1.165, 1.54) is 25.7 Å². The van der Waals surface area contributed by atoms with E-state index in [4.69, 9.17) is 0 Å². The van der Waals surface area contributed by atoms with Crippen LogP contribution < -0.4 is 0 Å². The van der Waals surface area contributed by atoms with Gasteiger partial charge in [0.25, 0.3) is 0 Å². The van der Waals surface area contributed by atoms with Gasteiger partial charge in [0.1, 0.15) is 0 Å². The highest BCUT2D eigenvalue weighted by Gasteiger charge is 2.63. The zero-order chi connectivity index (χ0) is 25.9. The van der Waals surface area contributed by atoms with Crippen molar-refractivity contribution in [2.75, 3.05) is 13.1 Å². The van der Waals surface area contributed by atoms with Gasteiger partial charge in [-0.05, 0) is 123 Å². The summed E-state index contributed by atoms with van der Waals surface area (Å²) in [5, 5.41) is 32.5. The van der Waals surface area contributed by atoms with E-state index in [2.05, 4.69) is 20.8 Å². The summed E-state index contributed by atoms with van der Waals surface area (Å²) in [6, 6.07) is 0. The van der Waals surface area contributed by atoms with Gasteiger partial charge in [-0.15, -0.1) is 0 Å². The van der Waals surface area contributed by atoms with E-state index < -0.39 is 5.60 Å².